The predicted molar refractivity (Wildman–Crippen MR) is 114 cm³/mol. The van der Waals surface area contributed by atoms with Crippen LogP contribution in [0.4, 0.5) is 5.69 Å². The van der Waals surface area contributed by atoms with Crippen LogP contribution in [0.3, 0.4) is 0 Å². The van der Waals surface area contributed by atoms with Crippen LogP contribution in [0.15, 0.2) is 45.4 Å². The highest BCUT2D eigenvalue weighted by molar-refractivity contribution is 9.10. The van der Waals surface area contributed by atoms with Crippen LogP contribution in [0.1, 0.15) is 43.6 Å². The second-order valence-electron chi connectivity index (χ2n) is 6.94. The molecule has 3 rings (SSSR count). The molecule has 0 radical (unpaired) electrons. The minimum atomic E-state index is -4.05. The van der Waals surface area contributed by atoms with Gasteiger partial charge in [0.15, 0.2) is 5.82 Å². The molecule has 0 aliphatic carbocycles. The molecule has 1 aromatic carbocycles. The van der Waals surface area contributed by atoms with Crippen LogP contribution in [-0.2, 0) is 14.9 Å². The number of aryl methyl sites for hydroxylation is 1. The molecule has 0 amide bonds. The Labute approximate surface area is 178 Å². The molecule has 2 aliphatic heterocycles. The third-order valence-corrected chi connectivity index (χ3v) is 6.12. The van der Waals surface area contributed by atoms with Gasteiger partial charge in [0.05, 0.1) is 28.0 Å². The molecular weight excluding hydrogens is 462 g/mol. The van der Waals surface area contributed by atoms with Gasteiger partial charge in [-0.25, -0.2) is 14.8 Å². The summed E-state index contributed by atoms with van der Waals surface area (Å²) in [6.07, 6.45) is 2.91. The van der Waals surface area contributed by atoms with Crippen LogP contribution in [0.25, 0.3) is 0 Å². The van der Waals surface area contributed by atoms with Gasteiger partial charge in [-0.15, -0.1) is 5.53 Å². The monoisotopic (exact) mass is 483 g/mol. The highest BCUT2D eigenvalue weighted by atomic mass is 79.9. The fourth-order valence-corrected chi connectivity index (χ4v) is 4.67. The van der Waals surface area contributed by atoms with Crippen LogP contribution in [0, 0.1) is 6.92 Å². The van der Waals surface area contributed by atoms with Gasteiger partial charge in [-0.2, -0.15) is 12.8 Å². The van der Waals surface area contributed by atoms with Crippen molar-refractivity contribution in [3.05, 3.63) is 51.5 Å². The molecule has 0 aromatic heterocycles. The third kappa shape index (κ3) is 4.31. The van der Waals surface area contributed by atoms with Crippen LogP contribution in [0.5, 0.6) is 0 Å². The number of anilines is 1. The molecule has 11 heteroatoms. The number of nitrogens with zero attached hydrogens (tertiary/aromatic N) is 3. The number of allylic oxidation sites excluding steroid dienone is 2. The summed E-state index contributed by atoms with van der Waals surface area (Å²) < 4.78 is 34.9. The first-order valence-electron chi connectivity index (χ1n) is 8.83. The Morgan fingerprint density at radius 1 is 1.28 bits per heavy atom. The number of esters is 1. The average molecular weight is 484 g/mol. The number of halogens is 1. The fourth-order valence-electron chi connectivity index (χ4n) is 2.79. The van der Waals surface area contributed by atoms with Crippen LogP contribution in [0.2, 0.25) is 0 Å². The number of nitrogens with one attached hydrogen (secondary N) is 2. The maximum absolute atomic E-state index is 13.0. The van der Waals surface area contributed by atoms with Crippen LogP contribution < -0.4 is 10.3 Å². The third-order valence-electron chi connectivity index (χ3n) is 4.12. The minimum absolute atomic E-state index is 0.228. The lowest BCUT2D eigenvalue weighted by Crippen LogP contribution is -2.45. The zero-order valence-electron chi connectivity index (χ0n) is 16.6. The first kappa shape index (κ1) is 21.3. The van der Waals surface area contributed by atoms with Crippen molar-refractivity contribution in [3.8, 4) is 0 Å². The number of hydrogen-bond acceptors (Lipinski definition) is 7. The zero-order chi connectivity index (χ0) is 21.5. The maximum Gasteiger partial charge on any atom is 0.339 e. The van der Waals surface area contributed by atoms with E-state index in [1.54, 1.807) is 37.9 Å². The van der Waals surface area contributed by atoms with Crippen molar-refractivity contribution in [2.24, 2.45) is 4.99 Å². The molecule has 0 fully saturated rings. The number of hydrazine groups is 2. The van der Waals surface area contributed by atoms with Gasteiger partial charge in [0.1, 0.15) is 0 Å². The van der Waals surface area contributed by atoms with Gasteiger partial charge in [-0.3, -0.25) is 4.72 Å². The molecule has 2 aliphatic rings. The first-order valence-corrected chi connectivity index (χ1v) is 11.1. The molecule has 2 heterocycles. The number of benzene rings is 1. The molecule has 0 saturated heterocycles. The number of hydrogen-bond donors (Lipinski definition) is 2. The number of rotatable bonds is 5. The van der Waals surface area contributed by atoms with Crippen molar-refractivity contribution in [1.29, 1.82) is 0 Å². The quantitative estimate of drug-likeness (QED) is 0.623. The van der Waals surface area contributed by atoms with Gasteiger partial charge in [-0.05, 0) is 68.3 Å². The Kier molecular flexibility index (Phi) is 5.74. The van der Waals surface area contributed by atoms with E-state index in [1.165, 1.54) is 6.20 Å². The number of ether oxygens (including phenoxy) is 1. The Morgan fingerprint density at radius 2 is 1.97 bits per heavy atom. The molecule has 9 nitrogen and oxygen atoms in total. The van der Waals surface area contributed by atoms with E-state index in [2.05, 4.69) is 31.2 Å². The lowest BCUT2D eigenvalue weighted by molar-refractivity contribution is 0.0377. The normalized spacial score (nSPS) is 16.3. The fraction of sp³-hybridized carbons (Fsp3) is 0.333. The second kappa shape index (κ2) is 7.81. The van der Waals surface area contributed by atoms with E-state index in [1.807, 2.05) is 19.9 Å². The van der Waals surface area contributed by atoms with E-state index in [0.717, 1.165) is 15.8 Å². The standard InChI is InChI=1S/C18H22BrN5O4S/c1-10(2)28-18(25)14-7-6-11(3)17(16(14)19)21-29(26,27)23-9-15-20-12(4)8-13(5)24(15)22-23/h6-10,21-22H,1-5H3. The lowest BCUT2D eigenvalue weighted by atomic mass is 10.1. The van der Waals surface area contributed by atoms with Gasteiger partial charge in [-0.1, -0.05) is 6.07 Å². The van der Waals surface area contributed by atoms with Gasteiger partial charge >= 0.3 is 16.2 Å². The molecule has 156 valence electrons. The zero-order valence-corrected chi connectivity index (χ0v) is 19.1. The van der Waals surface area contributed by atoms with Crippen molar-refractivity contribution in [3.63, 3.8) is 0 Å². The molecule has 29 heavy (non-hydrogen) atoms. The van der Waals surface area contributed by atoms with Crippen molar-refractivity contribution < 1.29 is 17.9 Å². The topological polar surface area (TPSA) is 103 Å². The second-order valence-corrected chi connectivity index (χ2v) is 9.28. The Hall–Kier alpha value is -2.37. The summed E-state index contributed by atoms with van der Waals surface area (Å²) in [5, 5.41) is 1.56. The van der Waals surface area contributed by atoms with Crippen molar-refractivity contribution >= 4 is 43.5 Å². The summed E-state index contributed by atoms with van der Waals surface area (Å²) in [5.74, 6) is -0.0885. The van der Waals surface area contributed by atoms with E-state index in [9.17, 15) is 13.2 Å². The highest BCUT2D eigenvalue weighted by Crippen LogP contribution is 2.33. The first-order chi connectivity index (χ1) is 13.5. The van der Waals surface area contributed by atoms with Gasteiger partial charge < -0.3 is 4.74 Å². The average Bonchev–Trinajstić information content (AvgIpc) is 3.03. The van der Waals surface area contributed by atoms with E-state index in [4.69, 9.17) is 4.74 Å². The predicted octanol–water partition coefficient (Wildman–Crippen LogP) is 3.19. The van der Waals surface area contributed by atoms with Gasteiger partial charge in [0, 0.05) is 11.4 Å². The minimum Gasteiger partial charge on any atom is -0.459 e. The van der Waals surface area contributed by atoms with Crippen LogP contribution in [-0.4, -0.2) is 35.6 Å². The molecule has 0 bridgehead atoms. The van der Waals surface area contributed by atoms with Gasteiger partial charge in [0.2, 0.25) is 0 Å². The summed E-state index contributed by atoms with van der Waals surface area (Å²) in [5.41, 5.74) is 5.46. The summed E-state index contributed by atoms with van der Waals surface area (Å²) in [6.45, 7) is 8.89. The number of carbonyl (C=O) groups is 1. The maximum atomic E-state index is 13.0. The number of carbonyl (C=O) groups excluding carboxylic acids is 1. The largest absolute Gasteiger partial charge is 0.459 e. The smallest absolute Gasteiger partial charge is 0.339 e. The SMILES string of the molecule is CC1=CC(C)=NC2=CN(S(=O)(=O)Nc3c(C)ccc(C(=O)OC(C)C)c3Br)NN12. The number of fused-ring (bicyclic) bond motifs is 1. The van der Waals surface area contributed by atoms with Crippen LogP contribution >= 0.6 is 15.9 Å². The highest BCUT2D eigenvalue weighted by Gasteiger charge is 2.32. The summed E-state index contributed by atoms with van der Waals surface area (Å²) in [7, 11) is -4.05. The molecule has 1 aromatic rings. The molecule has 2 N–H and O–H groups in total. The Bertz CT molecular complexity index is 1060. The van der Waals surface area contributed by atoms with Gasteiger partial charge in [0.25, 0.3) is 0 Å². The molecule has 0 spiro atoms. The Morgan fingerprint density at radius 3 is 2.62 bits per heavy atom. The van der Waals surface area contributed by atoms with E-state index in [-0.39, 0.29) is 17.4 Å². The summed E-state index contributed by atoms with van der Waals surface area (Å²) >= 11 is 3.34. The summed E-state index contributed by atoms with van der Waals surface area (Å²) in [6, 6.07) is 3.24. The van der Waals surface area contributed by atoms with E-state index >= 15 is 0 Å². The molecule has 0 saturated carbocycles. The lowest BCUT2D eigenvalue weighted by Gasteiger charge is -2.26. The van der Waals surface area contributed by atoms with E-state index < -0.39 is 16.2 Å². The van der Waals surface area contributed by atoms with Crippen molar-refractivity contribution in [2.75, 3.05) is 4.72 Å². The summed E-state index contributed by atoms with van der Waals surface area (Å²) in [4.78, 5) is 16.6. The van der Waals surface area contributed by atoms with E-state index in [0.29, 0.717) is 15.9 Å². The Balaban J connectivity index is 1.90. The van der Waals surface area contributed by atoms with Crippen molar-refractivity contribution in [1.82, 2.24) is 15.0 Å². The van der Waals surface area contributed by atoms with Crippen molar-refractivity contribution in [2.45, 2.75) is 40.7 Å². The molecule has 0 atom stereocenters. The number of aliphatic imine (C=N–C) groups is 1. The molecular formula is C18H22BrN5O4S. The molecule has 0 unspecified atom stereocenters.